The summed E-state index contributed by atoms with van der Waals surface area (Å²) in [5, 5.41) is 11.9. The third-order valence-electron chi connectivity index (χ3n) is 2.42. The van der Waals surface area contributed by atoms with E-state index in [1.54, 1.807) is 0 Å². The van der Waals surface area contributed by atoms with E-state index in [0.717, 1.165) is 5.56 Å². The maximum Gasteiger partial charge on any atom is 0.221 e. The highest BCUT2D eigenvalue weighted by molar-refractivity contribution is 5.83. The molecule has 4 nitrogen and oxygen atoms in total. The summed E-state index contributed by atoms with van der Waals surface area (Å²) < 4.78 is 0. The number of amides is 1. The first-order valence-electron chi connectivity index (χ1n) is 5.58. The minimum atomic E-state index is -0.407. The molecule has 0 radical (unpaired) electrons. The predicted octanol–water partition coefficient (Wildman–Crippen LogP) is 1.21. The fraction of sp³-hybridized carbons (Fsp3) is 0.385. The van der Waals surface area contributed by atoms with Gasteiger partial charge in [-0.05, 0) is 12.5 Å². The second-order valence-electron chi connectivity index (χ2n) is 3.92. The topological polar surface area (TPSA) is 66.4 Å². The van der Waals surface area contributed by atoms with Gasteiger partial charge in [0.2, 0.25) is 5.91 Å². The zero-order valence-electron chi connectivity index (χ0n) is 9.85. The Morgan fingerprint density at radius 1 is 1.24 bits per heavy atom. The minimum Gasteiger partial charge on any atom is -0.394 e. The summed E-state index contributed by atoms with van der Waals surface area (Å²) >= 11 is 0. The van der Waals surface area contributed by atoms with Crippen LogP contribution in [0, 0.1) is 0 Å². The Kier molecular flexibility index (Phi) is 5.36. The molecule has 0 fully saturated rings. The number of carbonyl (C=O) groups is 2. The molecule has 0 saturated carbocycles. The quantitative estimate of drug-likeness (QED) is 0.778. The van der Waals surface area contributed by atoms with Crippen LogP contribution in [0.4, 0.5) is 0 Å². The average Bonchev–Trinajstić information content (AvgIpc) is 2.34. The smallest absolute Gasteiger partial charge is 0.221 e. The summed E-state index contributed by atoms with van der Waals surface area (Å²) in [5.74, 6) is -0.233. The molecule has 0 heterocycles. The fourth-order valence-electron chi connectivity index (χ4n) is 1.48. The summed E-state index contributed by atoms with van der Waals surface area (Å²) in [4.78, 5) is 22.3. The van der Waals surface area contributed by atoms with Crippen molar-refractivity contribution in [2.24, 2.45) is 0 Å². The van der Waals surface area contributed by atoms with Gasteiger partial charge in [-0.1, -0.05) is 30.3 Å². The first-order valence-corrected chi connectivity index (χ1v) is 5.58. The summed E-state index contributed by atoms with van der Waals surface area (Å²) in [6.07, 6.45) is 0.400. The molecule has 1 amide bonds. The van der Waals surface area contributed by atoms with Crippen molar-refractivity contribution < 1.29 is 14.7 Å². The van der Waals surface area contributed by atoms with E-state index in [4.69, 9.17) is 0 Å². The highest BCUT2D eigenvalue weighted by atomic mass is 16.3. The van der Waals surface area contributed by atoms with Crippen molar-refractivity contribution in [3.05, 3.63) is 35.9 Å². The van der Waals surface area contributed by atoms with Gasteiger partial charge in [-0.15, -0.1) is 0 Å². The third kappa shape index (κ3) is 4.78. The largest absolute Gasteiger partial charge is 0.394 e. The Morgan fingerprint density at radius 3 is 2.41 bits per heavy atom. The first-order chi connectivity index (χ1) is 8.13. The molecule has 0 aromatic heterocycles. The van der Waals surface area contributed by atoms with Crippen molar-refractivity contribution in [3.8, 4) is 0 Å². The second kappa shape index (κ2) is 6.81. The van der Waals surface area contributed by atoms with Gasteiger partial charge in [-0.25, -0.2) is 0 Å². The van der Waals surface area contributed by atoms with Crippen LogP contribution in [0.2, 0.25) is 0 Å². The zero-order chi connectivity index (χ0) is 12.7. The van der Waals surface area contributed by atoms with Gasteiger partial charge in [-0.2, -0.15) is 0 Å². The maximum absolute atomic E-state index is 11.5. The van der Waals surface area contributed by atoms with Gasteiger partial charge in [0.15, 0.2) is 0 Å². The van der Waals surface area contributed by atoms with Crippen LogP contribution >= 0.6 is 0 Å². The number of ketones is 1. The lowest BCUT2D eigenvalue weighted by molar-refractivity contribution is -0.125. The molecule has 92 valence electrons. The highest BCUT2D eigenvalue weighted by Gasteiger charge is 2.13. The third-order valence-corrected chi connectivity index (χ3v) is 2.42. The van der Waals surface area contributed by atoms with E-state index in [0.29, 0.717) is 0 Å². The highest BCUT2D eigenvalue weighted by Crippen LogP contribution is 2.11. The number of hydrogen-bond donors (Lipinski definition) is 2. The molecule has 1 rings (SSSR count). The van der Waals surface area contributed by atoms with Crippen molar-refractivity contribution >= 4 is 11.7 Å². The number of aliphatic hydroxyl groups is 1. The molecule has 1 aromatic rings. The molecule has 4 heteroatoms. The van der Waals surface area contributed by atoms with Crippen LogP contribution in [0.3, 0.4) is 0 Å². The number of benzene rings is 1. The second-order valence-corrected chi connectivity index (χ2v) is 3.92. The lowest BCUT2D eigenvalue weighted by atomic mass is 10.1. The van der Waals surface area contributed by atoms with Gasteiger partial charge in [0.05, 0.1) is 12.6 Å². The van der Waals surface area contributed by atoms with E-state index in [9.17, 15) is 14.7 Å². The summed E-state index contributed by atoms with van der Waals surface area (Å²) in [7, 11) is 0. The van der Waals surface area contributed by atoms with Crippen molar-refractivity contribution in [3.63, 3.8) is 0 Å². The van der Waals surface area contributed by atoms with Crippen molar-refractivity contribution in [1.82, 2.24) is 5.32 Å². The molecular formula is C13H17NO3. The standard InChI is InChI=1S/C13H17NO3/c1-10(16)7-8-13(17)14-12(9-15)11-5-3-2-4-6-11/h2-6,12,15H,7-9H2,1H3,(H,14,17)/t12-/m1/s1. The van der Waals surface area contributed by atoms with Crippen molar-refractivity contribution in [2.45, 2.75) is 25.8 Å². The molecular weight excluding hydrogens is 218 g/mol. The number of carbonyl (C=O) groups excluding carboxylic acids is 2. The monoisotopic (exact) mass is 235 g/mol. The SMILES string of the molecule is CC(=O)CCC(=O)N[C@H](CO)c1ccccc1. The van der Waals surface area contributed by atoms with Gasteiger partial charge >= 0.3 is 0 Å². The Hall–Kier alpha value is -1.68. The molecule has 0 spiro atoms. The first kappa shape index (κ1) is 13.4. The number of Topliss-reactive ketones (excluding diaryl/α,β-unsaturated/α-hetero) is 1. The van der Waals surface area contributed by atoms with Gasteiger partial charge in [0.25, 0.3) is 0 Å². The van der Waals surface area contributed by atoms with Crippen LogP contribution in [0.5, 0.6) is 0 Å². The molecule has 0 unspecified atom stereocenters. The van der Waals surface area contributed by atoms with Crippen LogP contribution in [0.1, 0.15) is 31.4 Å². The number of aliphatic hydroxyl groups excluding tert-OH is 1. The number of nitrogens with one attached hydrogen (secondary N) is 1. The molecule has 2 N–H and O–H groups in total. The number of rotatable bonds is 6. The van der Waals surface area contributed by atoms with Crippen LogP contribution < -0.4 is 5.32 Å². The molecule has 0 aliphatic heterocycles. The van der Waals surface area contributed by atoms with E-state index in [2.05, 4.69) is 5.32 Å². The van der Waals surface area contributed by atoms with Crippen LogP contribution in [0.25, 0.3) is 0 Å². The van der Waals surface area contributed by atoms with E-state index >= 15 is 0 Å². The van der Waals surface area contributed by atoms with Gasteiger partial charge < -0.3 is 15.2 Å². The summed E-state index contributed by atoms with van der Waals surface area (Å²) in [5.41, 5.74) is 0.853. The molecule has 0 bridgehead atoms. The Bertz CT molecular complexity index is 376. The molecule has 0 saturated heterocycles. The van der Waals surface area contributed by atoms with Crippen LogP contribution in [0.15, 0.2) is 30.3 Å². The Balaban J connectivity index is 2.53. The Morgan fingerprint density at radius 2 is 1.88 bits per heavy atom. The Labute approximate surface area is 101 Å². The normalized spacial score (nSPS) is 11.9. The van der Waals surface area contributed by atoms with E-state index in [-0.39, 0.29) is 31.1 Å². The molecule has 0 aliphatic rings. The molecule has 0 aliphatic carbocycles. The molecule has 17 heavy (non-hydrogen) atoms. The van der Waals surface area contributed by atoms with Crippen molar-refractivity contribution in [2.75, 3.05) is 6.61 Å². The lowest BCUT2D eigenvalue weighted by Crippen LogP contribution is -2.30. The predicted molar refractivity (Wildman–Crippen MR) is 64.3 cm³/mol. The summed E-state index contributed by atoms with van der Waals surface area (Å²) in [6, 6.07) is 8.84. The summed E-state index contributed by atoms with van der Waals surface area (Å²) in [6.45, 7) is 1.30. The van der Waals surface area contributed by atoms with E-state index in [1.165, 1.54) is 6.92 Å². The lowest BCUT2D eigenvalue weighted by Gasteiger charge is -2.16. The maximum atomic E-state index is 11.5. The van der Waals surface area contributed by atoms with Gasteiger partial charge in [0.1, 0.15) is 5.78 Å². The van der Waals surface area contributed by atoms with E-state index in [1.807, 2.05) is 30.3 Å². The average molecular weight is 235 g/mol. The van der Waals surface area contributed by atoms with Crippen molar-refractivity contribution in [1.29, 1.82) is 0 Å². The van der Waals surface area contributed by atoms with E-state index < -0.39 is 6.04 Å². The van der Waals surface area contributed by atoms with Crippen LogP contribution in [-0.2, 0) is 9.59 Å². The number of hydrogen-bond acceptors (Lipinski definition) is 3. The van der Waals surface area contributed by atoms with Crippen LogP contribution in [-0.4, -0.2) is 23.4 Å². The molecule has 1 atom stereocenters. The minimum absolute atomic E-state index is 0.0135. The van der Waals surface area contributed by atoms with Gasteiger partial charge in [0, 0.05) is 12.8 Å². The van der Waals surface area contributed by atoms with Gasteiger partial charge in [-0.3, -0.25) is 4.79 Å². The fourth-order valence-corrected chi connectivity index (χ4v) is 1.48. The molecule has 1 aromatic carbocycles. The zero-order valence-corrected chi connectivity index (χ0v) is 9.85.